The molecular weight excluding hydrogens is 236 g/mol. The molecule has 0 aliphatic carbocycles. The van der Waals surface area contributed by atoms with Gasteiger partial charge in [0.1, 0.15) is 0 Å². The maximum absolute atomic E-state index is 2.27. The second kappa shape index (κ2) is 7.27. The Labute approximate surface area is 114 Å². The van der Waals surface area contributed by atoms with Gasteiger partial charge in [-0.05, 0) is 48.0 Å². The lowest BCUT2D eigenvalue weighted by atomic mass is 10.0. The molecule has 0 unspecified atom stereocenters. The van der Waals surface area contributed by atoms with Crippen LogP contribution in [0.2, 0.25) is 0 Å². The van der Waals surface area contributed by atoms with E-state index in [1.165, 1.54) is 41.7 Å². The van der Waals surface area contributed by atoms with Crippen molar-refractivity contribution >= 4 is 11.8 Å². The van der Waals surface area contributed by atoms with E-state index >= 15 is 0 Å². The van der Waals surface area contributed by atoms with E-state index in [-0.39, 0.29) is 0 Å². The highest BCUT2D eigenvalue weighted by molar-refractivity contribution is 7.98. The van der Waals surface area contributed by atoms with Crippen molar-refractivity contribution < 1.29 is 0 Å². The Morgan fingerprint density at radius 1 is 0.778 bits per heavy atom. The molecule has 0 saturated carbocycles. The first-order valence-corrected chi connectivity index (χ1v) is 7.93. The van der Waals surface area contributed by atoms with Gasteiger partial charge in [0.05, 0.1) is 0 Å². The molecule has 0 aromatic heterocycles. The molecule has 0 N–H and O–H groups in total. The molecule has 0 atom stereocenters. The highest BCUT2D eigenvalue weighted by Crippen LogP contribution is 2.19. The van der Waals surface area contributed by atoms with Crippen LogP contribution in [0.1, 0.15) is 18.4 Å². The van der Waals surface area contributed by atoms with E-state index in [0.29, 0.717) is 0 Å². The van der Waals surface area contributed by atoms with Gasteiger partial charge in [-0.15, -0.1) is 0 Å². The monoisotopic (exact) mass is 256 g/mol. The number of rotatable bonds is 6. The second-order valence-electron chi connectivity index (χ2n) is 4.51. The molecule has 2 rings (SSSR count). The third-order valence-corrected chi connectivity index (χ3v) is 3.82. The number of thioether (sulfide) groups is 1. The number of hydrogen-bond acceptors (Lipinski definition) is 1. The van der Waals surface area contributed by atoms with Crippen molar-refractivity contribution in [3.63, 3.8) is 0 Å². The third kappa shape index (κ3) is 3.92. The predicted molar refractivity (Wildman–Crippen MR) is 83.2 cm³/mol. The topological polar surface area (TPSA) is 0 Å². The van der Waals surface area contributed by atoms with Crippen LogP contribution in [0.15, 0.2) is 54.6 Å². The van der Waals surface area contributed by atoms with Crippen LogP contribution in [0, 0.1) is 0 Å². The summed E-state index contributed by atoms with van der Waals surface area (Å²) in [5.74, 6) is 1.28. The Bertz CT molecular complexity index is 445. The molecule has 0 radical (unpaired) electrons. The Hall–Kier alpha value is -1.21. The normalized spacial score (nSPS) is 10.5. The van der Waals surface area contributed by atoms with Crippen LogP contribution in [0.3, 0.4) is 0 Å². The smallest absolute Gasteiger partial charge is 0.00702 e. The maximum atomic E-state index is 2.27. The molecule has 2 aromatic rings. The minimum Gasteiger partial charge on any atom is -0.165 e. The molecule has 0 nitrogen and oxygen atoms in total. The van der Waals surface area contributed by atoms with Gasteiger partial charge < -0.3 is 0 Å². The van der Waals surface area contributed by atoms with E-state index in [1.807, 2.05) is 11.8 Å². The van der Waals surface area contributed by atoms with Gasteiger partial charge in [-0.3, -0.25) is 0 Å². The Kier molecular flexibility index (Phi) is 5.35. The van der Waals surface area contributed by atoms with E-state index in [1.54, 1.807) is 0 Å². The zero-order valence-electron chi connectivity index (χ0n) is 10.9. The summed E-state index contributed by atoms with van der Waals surface area (Å²) >= 11 is 1.94. The first kappa shape index (κ1) is 13.2. The van der Waals surface area contributed by atoms with E-state index in [9.17, 15) is 0 Å². The number of benzene rings is 2. The third-order valence-electron chi connectivity index (χ3n) is 3.12. The molecule has 0 aliphatic rings. The van der Waals surface area contributed by atoms with E-state index < -0.39 is 0 Å². The zero-order chi connectivity index (χ0) is 12.6. The fourth-order valence-corrected chi connectivity index (χ4v) is 2.56. The number of hydrogen-bond donors (Lipinski definition) is 0. The molecule has 0 bridgehead atoms. The van der Waals surface area contributed by atoms with Crippen LogP contribution >= 0.6 is 11.8 Å². The van der Waals surface area contributed by atoms with Gasteiger partial charge in [0, 0.05) is 0 Å². The fourth-order valence-electron chi connectivity index (χ4n) is 2.07. The molecule has 94 valence electrons. The van der Waals surface area contributed by atoms with Crippen LogP contribution in [-0.4, -0.2) is 12.0 Å². The summed E-state index contributed by atoms with van der Waals surface area (Å²) in [5.41, 5.74) is 4.06. The van der Waals surface area contributed by atoms with Gasteiger partial charge in [0.25, 0.3) is 0 Å². The van der Waals surface area contributed by atoms with Crippen LogP contribution in [0.25, 0.3) is 11.1 Å². The molecular formula is C17H20S. The van der Waals surface area contributed by atoms with Gasteiger partial charge in [-0.25, -0.2) is 0 Å². The summed E-state index contributed by atoms with van der Waals surface area (Å²) in [6, 6.07) is 19.6. The highest BCUT2D eigenvalue weighted by Gasteiger charge is 1.97. The maximum Gasteiger partial charge on any atom is -0.00702 e. The van der Waals surface area contributed by atoms with Gasteiger partial charge >= 0.3 is 0 Å². The average molecular weight is 256 g/mol. The van der Waals surface area contributed by atoms with Crippen LogP contribution < -0.4 is 0 Å². The Morgan fingerprint density at radius 3 is 2.11 bits per heavy atom. The van der Waals surface area contributed by atoms with E-state index in [2.05, 4.69) is 60.9 Å². The van der Waals surface area contributed by atoms with Crippen molar-refractivity contribution in [1.82, 2.24) is 0 Å². The molecule has 2 aromatic carbocycles. The van der Waals surface area contributed by atoms with Crippen molar-refractivity contribution in [2.24, 2.45) is 0 Å². The Morgan fingerprint density at radius 2 is 1.44 bits per heavy atom. The van der Waals surface area contributed by atoms with Gasteiger partial charge in [-0.1, -0.05) is 54.6 Å². The van der Waals surface area contributed by atoms with Gasteiger partial charge in [0.2, 0.25) is 0 Å². The molecule has 18 heavy (non-hydrogen) atoms. The van der Waals surface area contributed by atoms with E-state index in [0.717, 1.165) is 0 Å². The lowest BCUT2D eigenvalue weighted by Gasteiger charge is -2.04. The quantitative estimate of drug-likeness (QED) is 0.652. The zero-order valence-corrected chi connectivity index (χ0v) is 11.7. The molecule has 0 saturated heterocycles. The lowest BCUT2D eigenvalue weighted by Crippen LogP contribution is -1.87. The van der Waals surface area contributed by atoms with Crippen LogP contribution in [0.4, 0.5) is 0 Å². The average Bonchev–Trinajstić information content (AvgIpc) is 2.45. The first-order chi connectivity index (χ1) is 8.90. The minimum absolute atomic E-state index is 1.20. The Balaban J connectivity index is 1.94. The molecule has 0 fully saturated rings. The summed E-state index contributed by atoms with van der Waals surface area (Å²) < 4.78 is 0. The lowest BCUT2D eigenvalue weighted by molar-refractivity contribution is 0.803. The van der Waals surface area contributed by atoms with Crippen molar-refractivity contribution in [1.29, 1.82) is 0 Å². The van der Waals surface area contributed by atoms with Gasteiger partial charge in [0.15, 0.2) is 0 Å². The van der Waals surface area contributed by atoms with Crippen molar-refractivity contribution in [3.05, 3.63) is 60.2 Å². The van der Waals surface area contributed by atoms with Crippen LogP contribution in [0.5, 0.6) is 0 Å². The molecule has 0 amide bonds. The number of aryl methyl sites for hydroxylation is 1. The largest absolute Gasteiger partial charge is 0.165 e. The summed E-state index contributed by atoms with van der Waals surface area (Å²) in [4.78, 5) is 0. The summed E-state index contributed by atoms with van der Waals surface area (Å²) in [5, 5.41) is 0. The highest BCUT2D eigenvalue weighted by atomic mass is 32.2. The summed E-state index contributed by atoms with van der Waals surface area (Å²) in [6.45, 7) is 0. The second-order valence-corrected chi connectivity index (χ2v) is 5.50. The van der Waals surface area contributed by atoms with Crippen molar-refractivity contribution in [3.8, 4) is 11.1 Å². The predicted octanol–water partition coefficient (Wildman–Crippen LogP) is 5.04. The fraction of sp³-hybridized carbons (Fsp3) is 0.294. The van der Waals surface area contributed by atoms with E-state index in [4.69, 9.17) is 0 Å². The summed E-state index contributed by atoms with van der Waals surface area (Å²) in [7, 11) is 0. The van der Waals surface area contributed by atoms with Crippen molar-refractivity contribution in [2.75, 3.05) is 12.0 Å². The standard InChI is InChI=1S/C17H20S/c1-18-14-6-5-7-15-10-12-17(13-11-15)16-8-3-2-4-9-16/h2-4,8-13H,5-7,14H2,1H3. The van der Waals surface area contributed by atoms with Gasteiger partial charge in [-0.2, -0.15) is 11.8 Å². The first-order valence-electron chi connectivity index (χ1n) is 6.53. The molecule has 0 spiro atoms. The SMILES string of the molecule is CSCCCCc1ccc(-c2ccccc2)cc1. The minimum atomic E-state index is 1.20. The molecule has 0 aliphatic heterocycles. The van der Waals surface area contributed by atoms with Crippen molar-refractivity contribution in [2.45, 2.75) is 19.3 Å². The summed E-state index contributed by atoms with van der Waals surface area (Å²) in [6.07, 6.45) is 6.00. The molecule has 1 heteroatoms. The number of unbranched alkanes of at least 4 members (excludes halogenated alkanes) is 1. The molecule has 0 heterocycles. The van der Waals surface area contributed by atoms with Crippen LogP contribution in [-0.2, 0) is 6.42 Å².